The number of hydrogen-bond donors (Lipinski definition) is 2. The highest BCUT2D eigenvalue weighted by molar-refractivity contribution is 5.78. The first kappa shape index (κ1) is 16.4. The summed E-state index contributed by atoms with van der Waals surface area (Å²) in [4.78, 5) is 12.0. The summed E-state index contributed by atoms with van der Waals surface area (Å²) < 4.78 is 0. The summed E-state index contributed by atoms with van der Waals surface area (Å²) in [6, 6.07) is 10.2. The fraction of sp³-hybridized carbons (Fsp3) is 0.471. The molecular formula is C17H26N2O. The smallest absolute Gasteiger partial charge is 0.234 e. The second-order valence-electron chi connectivity index (χ2n) is 6.22. The van der Waals surface area contributed by atoms with Gasteiger partial charge in [0.1, 0.15) is 0 Å². The van der Waals surface area contributed by atoms with Gasteiger partial charge in [0.25, 0.3) is 0 Å². The van der Waals surface area contributed by atoms with Crippen molar-refractivity contribution in [1.29, 1.82) is 0 Å². The molecule has 20 heavy (non-hydrogen) atoms. The van der Waals surface area contributed by atoms with Crippen molar-refractivity contribution >= 4 is 5.91 Å². The molecule has 2 N–H and O–H groups in total. The van der Waals surface area contributed by atoms with Gasteiger partial charge in [-0.3, -0.25) is 4.79 Å². The molecule has 0 bridgehead atoms. The first-order valence-corrected chi connectivity index (χ1v) is 7.08. The molecule has 0 radical (unpaired) electrons. The molecule has 3 heteroatoms. The Morgan fingerprint density at radius 2 is 1.95 bits per heavy atom. The van der Waals surface area contributed by atoms with E-state index in [2.05, 4.69) is 50.1 Å². The molecule has 0 saturated heterocycles. The van der Waals surface area contributed by atoms with Crippen molar-refractivity contribution in [2.45, 2.75) is 33.2 Å². The van der Waals surface area contributed by atoms with Gasteiger partial charge >= 0.3 is 0 Å². The fourth-order valence-electron chi connectivity index (χ4n) is 2.08. The van der Waals surface area contributed by atoms with Gasteiger partial charge in [0.2, 0.25) is 5.91 Å². The summed E-state index contributed by atoms with van der Waals surface area (Å²) >= 11 is 0. The molecule has 3 nitrogen and oxygen atoms in total. The van der Waals surface area contributed by atoms with Crippen molar-refractivity contribution in [1.82, 2.24) is 10.6 Å². The van der Waals surface area contributed by atoms with Crippen LogP contribution < -0.4 is 10.6 Å². The fourth-order valence-corrected chi connectivity index (χ4v) is 2.08. The summed E-state index contributed by atoms with van der Waals surface area (Å²) in [5.74, 6) is 0.0185. The Hall–Kier alpha value is -1.61. The second kappa shape index (κ2) is 7.85. The van der Waals surface area contributed by atoms with E-state index in [9.17, 15) is 4.79 Å². The van der Waals surface area contributed by atoms with E-state index >= 15 is 0 Å². The molecule has 1 amide bonds. The predicted octanol–water partition coefficient (Wildman–Crippen LogP) is 3.06. The SMILES string of the molecule is C=CCNCC(=O)NC(CC(C)(C)C)c1ccccc1. The second-order valence-corrected chi connectivity index (χ2v) is 6.22. The highest BCUT2D eigenvalue weighted by Gasteiger charge is 2.21. The monoisotopic (exact) mass is 274 g/mol. The van der Waals surface area contributed by atoms with Crippen molar-refractivity contribution in [3.63, 3.8) is 0 Å². The quantitative estimate of drug-likeness (QED) is 0.592. The minimum Gasteiger partial charge on any atom is -0.348 e. The Labute approximate surface area is 122 Å². The first-order valence-electron chi connectivity index (χ1n) is 7.08. The van der Waals surface area contributed by atoms with Crippen molar-refractivity contribution in [2.75, 3.05) is 13.1 Å². The molecule has 0 aliphatic carbocycles. The molecular weight excluding hydrogens is 248 g/mol. The van der Waals surface area contributed by atoms with Crippen LogP contribution in [0.2, 0.25) is 0 Å². The molecule has 0 aromatic heterocycles. The number of amides is 1. The van der Waals surface area contributed by atoms with Gasteiger partial charge in [-0.1, -0.05) is 57.2 Å². The zero-order chi connectivity index (χ0) is 15.0. The van der Waals surface area contributed by atoms with E-state index in [1.165, 1.54) is 0 Å². The Morgan fingerprint density at radius 1 is 1.30 bits per heavy atom. The van der Waals surface area contributed by atoms with Gasteiger partial charge in [0.05, 0.1) is 12.6 Å². The number of carbonyl (C=O) groups excluding carboxylic acids is 1. The van der Waals surface area contributed by atoms with E-state index in [1.807, 2.05) is 18.2 Å². The van der Waals surface area contributed by atoms with E-state index in [0.29, 0.717) is 13.1 Å². The summed E-state index contributed by atoms with van der Waals surface area (Å²) in [6.07, 6.45) is 2.65. The Balaban J connectivity index is 2.68. The molecule has 0 saturated carbocycles. The van der Waals surface area contributed by atoms with Crippen LogP contribution in [0.1, 0.15) is 38.8 Å². The van der Waals surface area contributed by atoms with E-state index in [4.69, 9.17) is 0 Å². The normalized spacial score (nSPS) is 12.8. The maximum Gasteiger partial charge on any atom is 0.234 e. The molecule has 110 valence electrons. The van der Waals surface area contributed by atoms with Crippen molar-refractivity contribution in [2.24, 2.45) is 5.41 Å². The Bertz CT molecular complexity index is 420. The minimum absolute atomic E-state index is 0.0185. The van der Waals surface area contributed by atoms with Crippen LogP contribution in [0.15, 0.2) is 43.0 Å². The number of nitrogens with one attached hydrogen (secondary N) is 2. The Kier molecular flexibility index (Phi) is 6.46. The molecule has 1 aromatic rings. The lowest BCUT2D eigenvalue weighted by atomic mass is 9.85. The zero-order valence-corrected chi connectivity index (χ0v) is 12.8. The van der Waals surface area contributed by atoms with E-state index < -0.39 is 0 Å². The lowest BCUT2D eigenvalue weighted by molar-refractivity contribution is -0.121. The molecule has 1 atom stereocenters. The Morgan fingerprint density at radius 3 is 2.50 bits per heavy atom. The predicted molar refractivity (Wildman–Crippen MR) is 84.5 cm³/mol. The van der Waals surface area contributed by atoms with Crippen LogP contribution >= 0.6 is 0 Å². The third-order valence-corrected chi connectivity index (χ3v) is 2.93. The average Bonchev–Trinajstić information content (AvgIpc) is 2.38. The average molecular weight is 274 g/mol. The van der Waals surface area contributed by atoms with Gasteiger partial charge in [-0.05, 0) is 17.4 Å². The van der Waals surface area contributed by atoms with Gasteiger partial charge in [0.15, 0.2) is 0 Å². The number of rotatable bonds is 7. The topological polar surface area (TPSA) is 41.1 Å². The number of carbonyl (C=O) groups is 1. The van der Waals surface area contributed by atoms with Gasteiger partial charge in [0, 0.05) is 6.54 Å². The maximum absolute atomic E-state index is 12.0. The van der Waals surface area contributed by atoms with Gasteiger partial charge < -0.3 is 10.6 Å². The van der Waals surface area contributed by atoms with Crippen LogP contribution in [-0.4, -0.2) is 19.0 Å². The molecule has 1 aromatic carbocycles. The largest absolute Gasteiger partial charge is 0.348 e. The summed E-state index contributed by atoms with van der Waals surface area (Å²) in [7, 11) is 0. The minimum atomic E-state index is 0.0185. The van der Waals surface area contributed by atoms with Crippen LogP contribution in [0.5, 0.6) is 0 Å². The van der Waals surface area contributed by atoms with Gasteiger partial charge in [-0.2, -0.15) is 0 Å². The van der Waals surface area contributed by atoms with Crippen molar-refractivity contribution in [3.05, 3.63) is 48.6 Å². The number of hydrogen-bond acceptors (Lipinski definition) is 2. The van der Waals surface area contributed by atoms with E-state index in [0.717, 1.165) is 12.0 Å². The first-order chi connectivity index (χ1) is 9.42. The lowest BCUT2D eigenvalue weighted by Gasteiger charge is -2.27. The summed E-state index contributed by atoms with van der Waals surface area (Å²) in [5, 5.41) is 6.14. The van der Waals surface area contributed by atoms with Crippen LogP contribution in [0.4, 0.5) is 0 Å². The number of benzene rings is 1. The summed E-state index contributed by atoms with van der Waals surface area (Å²) in [5.41, 5.74) is 1.31. The molecule has 1 unspecified atom stereocenters. The molecule has 0 aliphatic rings. The standard InChI is InChI=1S/C17H26N2O/c1-5-11-18-13-16(20)19-15(12-17(2,3)4)14-9-7-6-8-10-14/h5-10,15,18H,1,11-13H2,2-4H3,(H,19,20). The lowest BCUT2D eigenvalue weighted by Crippen LogP contribution is -2.37. The zero-order valence-electron chi connectivity index (χ0n) is 12.8. The van der Waals surface area contributed by atoms with Crippen molar-refractivity contribution < 1.29 is 4.79 Å². The highest BCUT2D eigenvalue weighted by Crippen LogP contribution is 2.29. The van der Waals surface area contributed by atoms with Crippen LogP contribution in [-0.2, 0) is 4.79 Å². The van der Waals surface area contributed by atoms with Gasteiger partial charge in [-0.15, -0.1) is 6.58 Å². The van der Waals surface area contributed by atoms with Crippen LogP contribution in [0, 0.1) is 5.41 Å². The molecule has 1 rings (SSSR count). The molecule has 0 spiro atoms. The maximum atomic E-state index is 12.0. The third-order valence-electron chi connectivity index (χ3n) is 2.93. The summed E-state index contributed by atoms with van der Waals surface area (Å²) in [6.45, 7) is 11.1. The van der Waals surface area contributed by atoms with E-state index in [-0.39, 0.29) is 17.4 Å². The highest BCUT2D eigenvalue weighted by atomic mass is 16.1. The van der Waals surface area contributed by atoms with E-state index in [1.54, 1.807) is 6.08 Å². The molecule has 0 heterocycles. The van der Waals surface area contributed by atoms with Crippen LogP contribution in [0.3, 0.4) is 0 Å². The van der Waals surface area contributed by atoms with Crippen LogP contribution in [0.25, 0.3) is 0 Å². The van der Waals surface area contributed by atoms with Crippen molar-refractivity contribution in [3.8, 4) is 0 Å². The molecule has 0 aliphatic heterocycles. The third kappa shape index (κ3) is 6.53. The van der Waals surface area contributed by atoms with Gasteiger partial charge in [-0.25, -0.2) is 0 Å². The molecule has 0 fully saturated rings.